The van der Waals surface area contributed by atoms with Crippen molar-refractivity contribution in [1.29, 1.82) is 0 Å². The van der Waals surface area contributed by atoms with Gasteiger partial charge in [-0.2, -0.15) is 0 Å². The molecule has 0 saturated carbocycles. The molecule has 21 heavy (non-hydrogen) atoms. The van der Waals surface area contributed by atoms with Crippen molar-refractivity contribution in [2.45, 2.75) is 4.90 Å². The van der Waals surface area contributed by atoms with E-state index in [-0.39, 0.29) is 4.90 Å². The minimum absolute atomic E-state index is 0.0589. The summed E-state index contributed by atoms with van der Waals surface area (Å²) >= 11 is 3.16. The second-order valence-corrected chi connectivity index (χ2v) is 6.43. The molecule has 6 nitrogen and oxygen atoms in total. The summed E-state index contributed by atoms with van der Waals surface area (Å²) in [6.07, 6.45) is -0.690. The molecule has 110 valence electrons. The lowest BCUT2D eigenvalue weighted by Crippen LogP contribution is -2.17. The Morgan fingerprint density at radius 1 is 1.14 bits per heavy atom. The molecule has 3 N–H and O–H groups in total. The van der Waals surface area contributed by atoms with Crippen LogP contribution in [-0.4, -0.2) is 14.5 Å². The van der Waals surface area contributed by atoms with Gasteiger partial charge in [-0.25, -0.2) is 18.4 Å². The van der Waals surface area contributed by atoms with Gasteiger partial charge in [-0.1, -0.05) is 18.2 Å². The average Bonchev–Trinajstić information content (AvgIpc) is 2.41. The fraction of sp³-hybridized carbons (Fsp3) is 0. The molecular formula is C13H11BrN2O4S. The molecule has 0 aliphatic rings. The van der Waals surface area contributed by atoms with Gasteiger partial charge in [0.25, 0.3) is 0 Å². The molecule has 0 aliphatic heterocycles. The van der Waals surface area contributed by atoms with Crippen LogP contribution in [0.5, 0.6) is 5.75 Å². The van der Waals surface area contributed by atoms with E-state index in [0.29, 0.717) is 15.9 Å². The van der Waals surface area contributed by atoms with E-state index in [1.807, 2.05) is 0 Å². The number of hydrogen-bond acceptors (Lipinski definition) is 4. The number of primary sulfonamides is 1. The van der Waals surface area contributed by atoms with Gasteiger partial charge in [0.1, 0.15) is 5.75 Å². The molecule has 8 heteroatoms. The van der Waals surface area contributed by atoms with Crippen LogP contribution < -0.4 is 15.2 Å². The molecule has 0 atom stereocenters. The third-order valence-electron chi connectivity index (χ3n) is 2.46. The van der Waals surface area contributed by atoms with Crippen molar-refractivity contribution >= 4 is 37.7 Å². The SMILES string of the molecule is NS(=O)(=O)c1ccc(NC(=O)Oc2ccccc2)c(Br)c1. The van der Waals surface area contributed by atoms with Gasteiger partial charge >= 0.3 is 6.09 Å². The van der Waals surface area contributed by atoms with Crippen LogP contribution >= 0.6 is 15.9 Å². The number of para-hydroxylation sites is 1. The maximum absolute atomic E-state index is 11.7. The topological polar surface area (TPSA) is 98.5 Å². The van der Waals surface area contributed by atoms with Crippen LogP contribution in [0.4, 0.5) is 10.5 Å². The van der Waals surface area contributed by atoms with Crippen molar-refractivity contribution in [1.82, 2.24) is 0 Å². The van der Waals surface area contributed by atoms with E-state index in [2.05, 4.69) is 21.2 Å². The number of ether oxygens (including phenoxy) is 1. The van der Waals surface area contributed by atoms with Gasteiger partial charge in [-0.15, -0.1) is 0 Å². The van der Waals surface area contributed by atoms with E-state index in [0.717, 1.165) is 0 Å². The van der Waals surface area contributed by atoms with Crippen molar-refractivity contribution < 1.29 is 17.9 Å². The number of halogens is 1. The number of anilines is 1. The van der Waals surface area contributed by atoms with E-state index in [9.17, 15) is 13.2 Å². The van der Waals surface area contributed by atoms with E-state index >= 15 is 0 Å². The van der Waals surface area contributed by atoms with Crippen molar-refractivity contribution in [3.8, 4) is 5.75 Å². The average molecular weight is 371 g/mol. The molecule has 2 aromatic carbocycles. The number of nitrogens with one attached hydrogen (secondary N) is 1. The summed E-state index contributed by atoms with van der Waals surface area (Å²) in [6.45, 7) is 0. The Morgan fingerprint density at radius 3 is 2.38 bits per heavy atom. The number of hydrogen-bond donors (Lipinski definition) is 2. The normalized spacial score (nSPS) is 11.0. The highest BCUT2D eigenvalue weighted by Crippen LogP contribution is 2.25. The van der Waals surface area contributed by atoms with Crippen molar-refractivity contribution in [3.63, 3.8) is 0 Å². The predicted octanol–water partition coefficient (Wildman–Crippen LogP) is 2.71. The molecule has 0 fully saturated rings. The van der Waals surface area contributed by atoms with Gasteiger partial charge < -0.3 is 4.74 Å². The lowest BCUT2D eigenvalue weighted by molar-refractivity contribution is 0.215. The largest absolute Gasteiger partial charge is 0.417 e. The monoisotopic (exact) mass is 370 g/mol. The zero-order chi connectivity index (χ0) is 15.5. The summed E-state index contributed by atoms with van der Waals surface area (Å²) in [5.74, 6) is 0.396. The Balaban J connectivity index is 2.11. The maximum atomic E-state index is 11.7. The summed E-state index contributed by atoms with van der Waals surface area (Å²) in [7, 11) is -3.79. The summed E-state index contributed by atoms with van der Waals surface area (Å²) in [5.41, 5.74) is 0.364. The third-order valence-corrected chi connectivity index (χ3v) is 4.03. The first kappa shape index (κ1) is 15.5. The first-order valence-corrected chi connectivity index (χ1v) is 8.06. The highest BCUT2D eigenvalue weighted by molar-refractivity contribution is 9.10. The molecule has 0 heterocycles. The van der Waals surface area contributed by atoms with Gasteiger partial charge in [0.05, 0.1) is 10.6 Å². The molecule has 0 aromatic heterocycles. The van der Waals surface area contributed by atoms with Gasteiger partial charge in [0, 0.05) is 4.47 Å². The standard InChI is InChI=1S/C13H11BrN2O4S/c14-11-8-10(21(15,18)19)6-7-12(11)16-13(17)20-9-4-2-1-3-5-9/h1-8H,(H,16,17)(H2,15,18,19). The lowest BCUT2D eigenvalue weighted by Gasteiger charge is -2.09. The van der Waals surface area contributed by atoms with Gasteiger partial charge in [-0.05, 0) is 46.3 Å². The van der Waals surface area contributed by atoms with E-state index in [1.165, 1.54) is 18.2 Å². The second-order valence-electron chi connectivity index (χ2n) is 4.01. The van der Waals surface area contributed by atoms with Crippen LogP contribution in [-0.2, 0) is 10.0 Å². The molecule has 0 bridgehead atoms. The smallest absolute Gasteiger partial charge is 0.410 e. The highest BCUT2D eigenvalue weighted by Gasteiger charge is 2.12. The Bertz CT molecular complexity index is 763. The van der Waals surface area contributed by atoms with Crippen molar-refractivity contribution in [2.75, 3.05) is 5.32 Å². The molecule has 0 aliphatic carbocycles. The van der Waals surface area contributed by atoms with Crippen LogP contribution in [0.15, 0.2) is 57.9 Å². The molecular weight excluding hydrogens is 360 g/mol. The summed E-state index contributed by atoms with van der Waals surface area (Å²) in [5, 5.41) is 7.51. The maximum Gasteiger partial charge on any atom is 0.417 e. The zero-order valence-corrected chi connectivity index (χ0v) is 13.0. The van der Waals surface area contributed by atoms with E-state index < -0.39 is 16.1 Å². The van der Waals surface area contributed by atoms with Gasteiger partial charge in [0.15, 0.2) is 0 Å². The summed E-state index contributed by atoms with van der Waals surface area (Å²) in [6, 6.07) is 12.5. The first-order valence-electron chi connectivity index (χ1n) is 5.72. The minimum atomic E-state index is -3.79. The predicted molar refractivity (Wildman–Crippen MR) is 81.6 cm³/mol. The number of benzene rings is 2. The van der Waals surface area contributed by atoms with E-state index in [4.69, 9.17) is 9.88 Å². The number of carbonyl (C=O) groups excluding carboxylic acids is 1. The summed E-state index contributed by atoms with van der Waals surface area (Å²) in [4.78, 5) is 11.7. The Labute approximate surface area is 130 Å². The second kappa shape index (κ2) is 6.25. The molecule has 1 amide bonds. The van der Waals surface area contributed by atoms with E-state index in [1.54, 1.807) is 30.3 Å². The molecule has 0 radical (unpaired) electrons. The number of amides is 1. The van der Waals surface area contributed by atoms with Crippen LogP contribution in [0, 0.1) is 0 Å². The number of nitrogens with two attached hydrogens (primary N) is 1. The van der Waals surface area contributed by atoms with Crippen molar-refractivity contribution in [2.24, 2.45) is 5.14 Å². The zero-order valence-electron chi connectivity index (χ0n) is 10.6. The minimum Gasteiger partial charge on any atom is -0.410 e. The van der Waals surface area contributed by atoms with Crippen LogP contribution in [0.3, 0.4) is 0 Å². The van der Waals surface area contributed by atoms with Crippen LogP contribution in [0.25, 0.3) is 0 Å². The number of rotatable bonds is 3. The molecule has 0 saturated heterocycles. The molecule has 2 rings (SSSR count). The molecule has 0 unspecified atom stereocenters. The van der Waals surface area contributed by atoms with Crippen molar-refractivity contribution in [3.05, 3.63) is 53.0 Å². The molecule has 2 aromatic rings. The third kappa shape index (κ3) is 4.28. The quantitative estimate of drug-likeness (QED) is 0.867. The highest BCUT2D eigenvalue weighted by atomic mass is 79.9. The fourth-order valence-corrected chi connectivity index (χ4v) is 2.67. The Morgan fingerprint density at radius 2 is 1.81 bits per heavy atom. The first-order chi connectivity index (χ1) is 9.86. The number of carbonyl (C=O) groups is 1. The fourth-order valence-electron chi connectivity index (χ4n) is 1.51. The summed E-state index contributed by atoms with van der Waals surface area (Å²) < 4.78 is 27.8. The Hall–Kier alpha value is -1.90. The molecule has 0 spiro atoms. The van der Waals surface area contributed by atoms with Gasteiger partial charge in [0.2, 0.25) is 10.0 Å². The number of sulfonamides is 1. The van der Waals surface area contributed by atoms with Gasteiger partial charge in [-0.3, -0.25) is 5.32 Å². The lowest BCUT2D eigenvalue weighted by atomic mass is 10.3. The Kier molecular flexibility index (Phi) is 4.61. The van der Waals surface area contributed by atoms with Crippen LogP contribution in [0.1, 0.15) is 0 Å². The van der Waals surface area contributed by atoms with Crippen LogP contribution in [0.2, 0.25) is 0 Å².